The Morgan fingerprint density at radius 3 is 1.95 bits per heavy atom. The first-order valence-electron chi connectivity index (χ1n) is 8.98. The standard InChI is InChI=1S/C17H29N3O2/c18-11-13-7-10-20(12-13)17(22)15-6-2-1-5-14(15)16(21)19-8-3-4-9-19/h13-15H,1-12,18H2. The van der Waals surface area contributed by atoms with Crippen molar-refractivity contribution < 1.29 is 9.59 Å². The van der Waals surface area contributed by atoms with Gasteiger partial charge in [0, 0.05) is 38.0 Å². The number of rotatable bonds is 3. The van der Waals surface area contributed by atoms with E-state index in [1.165, 1.54) is 0 Å². The highest BCUT2D eigenvalue weighted by Crippen LogP contribution is 2.34. The van der Waals surface area contributed by atoms with Crippen LogP contribution in [0.3, 0.4) is 0 Å². The molecular weight excluding hydrogens is 278 g/mol. The molecule has 22 heavy (non-hydrogen) atoms. The van der Waals surface area contributed by atoms with Gasteiger partial charge in [-0.15, -0.1) is 0 Å². The third-order valence-electron chi connectivity index (χ3n) is 5.75. The van der Waals surface area contributed by atoms with Crippen molar-refractivity contribution in [1.29, 1.82) is 0 Å². The van der Waals surface area contributed by atoms with E-state index in [4.69, 9.17) is 5.73 Å². The van der Waals surface area contributed by atoms with Gasteiger partial charge in [-0.3, -0.25) is 9.59 Å². The Morgan fingerprint density at radius 2 is 1.41 bits per heavy atom. The first-order chi connectivity index (χ1) is 10.7. The number of carbonyl (C=O) groups excluding carboxylic acids is 2. The summed E-state index contributed by atoms with van der Waals surface area (Å²) in [6.45, 7) is 4.03. The zero-order valence-corrected chi connectivity index (χ0v) is 13.5. The molecule has 0 aromatic rings. The van der Waals surface area contributed by atoms with Gasteiger partial charge in [-0.2, -0.15) is 0 Å². The molecule has 2 amide bonds. The van der Waals surface area contributed by atoms with E-state index in [0.29, 0.717) is 12.5 Å². The highest BCUT2D eigenvalue weighted by Gasteiger charge is 2.41. The SMILES string of the molecule is NCC1CCN(C(=O)C2CCCCC2C(=O)N2CCCC2)C1. The molecule has 2 aliphatic heterocycles. The zero-order valence-electron chi connectivity index (χ0n) is 13.5. The second kappa shape index (κ2) is 6.99. The van der Waals surface area contributed by atoms with Crippen molar-refractivity contribution in [3.63, 3.8) is 0 Å². The molecule has 124 valence electrons. The fourth-order valence-corrected chi connectivity index (χ4v) is 4.35. The molecule has 0 radical (unpaired) electrons. The fraction of sp³-hybridized carbons (Fsp3) is 0.882. The van der Waals surface area contributed by atoms with Crippen molar-refractivity contribution in [3.05, 3.63) is 0 Å². The molecular formula is C17H29N3O2. The Balaban J connectivity index is 1.66. The van der Waals surface area contributed by atoms with Gasteiger partial charge in [-0.25, -0.2) is 0 Å². The van der Waals surface area contributed by atoms with Crippen molar-refractivity contribution in [2.45, 2.75) is 44.9 Å². The van der Waals surface area contributed by atoms with Crippen LogP contribution >= 0.6 is 0 Å². The number of carbonyl (C=O) groups is 2. The summed E-state index contributed by atoms with van der Waals surface area (Å²) in [5.74, 6) is 0.744. The summed E-state index contributed by atoms with van der Waals surface area (Å²) in [5, 5.41) is 0. The maximum atomic E-state index is 12.9. The molecule has 3 atom stereocenters. The van der Waals surface area contributed by atoms with Crippen molar-refractivity contribution in [1.82, 2.24) is 9.80 Å². The number of nitrogens with two attached hydrogens (primary N) is 1. The Morgan fingerprint density at radius 1 is 0.818 bits per heavy atom. The summed E-state index contributed by atoms with van der Waals surface area (Å²) in [6, 6.07) is 0. The maximum absolute atomic E-state index is 12.9. The molecule has 5 nitrogen and oxygen atoms in total. The summed E-state index contributed by atoms with van der Waals surface area (Å²) in [5.41, 5.74) is 5.73. The molecule has 3 aliphatic rings. The molecule has 1 saturated carbocycles. The molecule has 0 aromatic carbocycles. The molecule has 0 aromatic heterocycles. The topological polar surface area (TPSA) is 66.6 Å². The van der Waals surface area contributed by atoms with Crippen LogP contribution in [0.2, 0.25) is 0 Å². The lowest BCUT2D eigenvalue weighted by atomic mass is 9.77. The second-order valence-electron chi connectivity index (χ2n) is 7.20. The minimum Gasteiger partial charge on any atom is -0.342 e. The van der Waals surface area contributed by atoms with Crippen LogP contribution in [-0.4, -0.2) is 54.3 Å². The van der Waals surface area contributed by atoms with Gasteiger partial charge in [0.15, 0.2) is 0 Å². The molecule has 5 heteroatoms. The predicted molar refractivity (Wildman–Crippen MR) is 85.0 cm³/mol. The Kier molecular flexibility index (Phi) is 5.01. The Labute approximate surface area is 133 Å². The quantitative estimate of drug-likeness (QED) is 0.852. The lowest BCUT2D eigenvalue weighted by molar-refractivity contribution is -0.147. The van der Waals surface area contributed by atoms with Crippen molar-refractivity contribution in [3.8, 4) is 0 Å². The highest BCUT2D eigenvalue weighted by atomic mass is 16.2. The van der Waals surface area contributed by atoms with Gasteiger partial charge in [0.05, 0.1) is 0 Å². The van der Waals surface area contributed by atoms with Crippen LogP contribution in [0.25, 0.3) is 0 Å². The molecule has 3 unspecified atom stereocenters. The van der Waals surface area contributed by atoms with Crippen molar-refractivity contribution in [2.24, 2.45) is 23.5 Å². The number of amides is 2. The van der Waals surface area contributed by atoms with Gasteiger partial charge in [0.2, 0.25) is 11.8 Å². The summed E-state index contributed by atoms with van der Waals surface area (Å²) < 4.78 is 0. The lowest BCUT2D eigenvalue weighted by Gasteiger charge is -2.34. The van der Waals surface area contributed by atoms with Crippen LogP contribution < -0.4 is 5.73 Å². The second-order valence-corrected chi connectivity index (χ2v) is 7.20. The first kappa shape index (κ1) is 15.8. The van der Waals surface area contributed by atoms with E-state index >= 15 is 0 Å². The van der Waals surface area contributed by atoms with Gasteiger partial charge in [0.25, 0.3) is 0 Å². The van der Waals surface area contributed by atoms with Gasteiger partial charge >= 0.3 is 0 Å². The van der Waals surface area contributed by atoms with Gasteiger partial charge in [-0.05, 0) is 44.6 Å². The monoisotopic (exact) mass is 307 g/mol. The summed E-state index contributed by atoms with van der Waals surface area (Å²) >= 11 is 0. The molecule has 2 heterocycles. The molecule has 2 N–H and O–H groups in total. The van der Waals surface area contributed by atoms with Crippen molar-refractivity contribution in [2.75, 3.05) is 32.7 Å². The molecule has 0 spiro atoms. The largest absolute Gasteiger partial charge is 0.342 e. The third-order valence-corrected chi connectivity index (χ3v) is 5.75. The van der Waals surface area contributed by atoms with Crippen LogP contribution in [0.1, 0.15) is 44.9 Å². The average Bonchev–Trinajstić information content (AvgIpc) is 3.24. The molecule has 1 aliphatic carbocycles. The molecule has 0 bridgehead atoms. The van der Waals surface area contributed by atoms with E-state index in [-0.39, 0.29) is 23.7 Å². The molecule has 2 saturated heterocycles. The Hall–Kier alpha value is -1.10. The van der Waals surface area contributed by atoms with Gasteiger partial charge < -0.3 is 15.5 Å². The van der Waals surface area contributed by atoms with E-state index in [1.807, 2.05) is 9.80 Å². The fourth-order valence-electron chi connectivity index (χ4n) is 4.35. The van der Waals surface area contributed by atoms with Crippen LogP contribution in [0.5, 0.6) is 0 Å². The minimum absolute atomic E-state index is 0.0729. The number of likely N-dealkylation sites (tertiary alicyclic amines) is 2. The van der Waals surface area contributed by atoms with E-state index in [9.17, 15) is 9.59 Å². The van der Waals surface area contributed by atoms with E-state index in [0.717, 1.165) is 71.1 Å². The van der Waals surface area contributed by atoms with E-state index < -0.39 is 0 Å². The van der Waals surface area contributed by atoms with Gasteiger partial charge in [-0.1, -0.05) is 12.8 Å². The van der Waals surface area contributed by atoms with Crippen LogP contribution in [0.4, 0.5) is 0 Å². The van der Waals surface area contributed by atoms with E-state index in [2.05, 4.69) is 0 Å². The zero-order chi connectivity index (χ0) is 15.5. The van der Waals surface area contributed by atoms with Crippen molar-refractivity contribution >= 4 is 11.8 Å². The average molecular weight is 307 g/mol. The predicted octanol–water partition coefficient (Wildman–Crippen LogP) is 1.22. The van der Waals surface area contributed by atoms with Crippen LogP contribution in [-0.2, 0) is 9.59 Å². The number of nitrogens with zero attached hydrogens (tertiary/aromatic N) is 2. The third kappa shape index (κ3) is 3.14. The summed E-state index contributed by atoms with van der Waals surface area (Å²) in [4.78, 5) is 29.7. The summed E-state index contributed by atoms with van der Waals surface area (Å²) in [6.07, 6.45) is 7.17. The lowest BCUT2D eigenvalue weighted by Crippen LogP contribution is -2.45. The maximum Gasteiger partial charge on any atom is 0.226 e. The highest BCUT2D eigenvalue weighted by molar-refractivity contribution is 5.88. The molecule has 3 fully saturated rings. The Bertz CT molecular complexity index is 420. The van der Waals surface area contributed by atoms with E-state index in [1.54, 1.807) is 0 Å². The smallest absolute Gasteiger partial charge is 0.226 e. The van der Waals surface area contributed by atoms with Crippen LogP contribution in [0, 0.1) is 17.8 Å². The molecule has 3 rings (SSSR count). The number of hydrogen-bond acceptors (Lipinski definition) is 3. The first-order valence-corrected chi connectivity index (χ1v) is 8.98. The normalized spacial score (nSPS) is 32.5. The summed E-state index contributed by atoms with van der Waals surface area (Å²) in [7, 11) is 0. The minimum atomic E-state index is -0.0848. The van der Waals surface area contributed by atoms with Crippen LogP contribution in [0.15, 0.2) is 0 Å². The number of hydrogen-bond donors (Lipinski definition) is 1. The van der Waals surface area contributed by atoms with Gasteiger partial charge in [0.1, 0.15) is 0 Å².